The van der Waals surface area contributed by atoms with Gasteiger partial charge in [0.15, 0.2) is 0 Å². The number of phenols is 3. The number of hydrogen-bond donors (Lipinski definition) is 3. The highest BCUT2D eigenvalue weighted by atomic mass is 16.3. The van der Waals surface area contributed by atoms with Gasteiger partial charge in [0.2, 0.25) is 0 Å². The van der Waals surface area contributed by atoms with Crippen LogP contribution in [0.2, 0.25) is 0 Å². The molecule has 2 aromatic rings. The largest absolute Gasteiger partial charge is 0.508 e. The lowest BCUT2D eigenvalue weighted by Gasteiger charge is -2.25. The summed E-state index contributed by atoms with van der Waals surface area (Å²) in [7, 11) is 0. The van der Waals surface area contributed by atoms with E-state index in [0.29, 0.717) is 17.8 Å². The van der Waals surface area contributed by atoms with Crippen LogP contribution in [0.25, 0.3) is 0 Å². The molecule has 0 saturated heterocycles. The Morgan fingerprint density at radius 2 is 1.68 bits per heavy atom. The first-order chi connectivity index (χ1) is 9.13. The quantitative estimate of drug-likeness (QED) is 0.732. The molecule has 0 saturated carbocycles. The summed E-state index contributed by atoms with van der Waals surface area (Å²) >= 11 is 0. The van der Waals surface area contributed by atoms with Crippen LogP contribution in [0, 0.1) is 0 Å². The maximum atomic E-state index is 9.85. The Morgan fingerprint density at radius 3 is 2.42 bits per heavy atom. The number of fused-ring (bicyclic) bond motifs is 1. The summed E-state index contributed by atoms with van der Waals surface area (Å²) in [5.74, 6) is 0.216. The minimum absolute atomic E-state index is 0.00789. The van der Waals surface area contributed by atoms with E-state index in [1.54, 1.807) is 30.6 Å². The van der Waals surface area contributed by atoms with Gasteiger partial charge in [0.1, 0.15) is 17.2 Å². The van der Waals surface area contributed by atoms with Crippen LogP contribution in [0.3, 0.4) is 0 Å². The summed E-state index contributed by atoms with van der Waals surface area (Å²) in [5, 5.41) is 28.5. The fourth-order valence-corrected chi connectivity index (χ4v) is 2.05. The number of aromatic hydroxyl groups is 3. The standard InChI is InChI=1S/C14H12N2O3/c17-10-3-1-9(2-4-10)16-7-12-13(15-8-16)5-11(18)6-14(12)19/h1-6,8,17-19H,7H2. The van der Waals surface area contributed by atoms with Gasteiger partial charge in [-0.25, -0.2) is 4.99 Å². The van der Waals surface area contributed by atoms with Crippen molar-refractivity contribution in [3.63, 3.8) is 0 Å². The van der Waals surface area contributed by atoms with Crippen molar-refractivity contribution in [3.8, 4) is 17.2 Å². The highest BCUT2D eigenvalue weighted by Crippen LogP contribution is 2.36. The summed E-state index contributed by atoms with van der Waals surface area (Å²) in [6.07, 6.45) is 1.63. The molecule has 0 spiro atoms. The number of anilines is 1. The van der Waals surface area contributed by atoms with E-state index >= 15 is 0 Å². The van der Waals surface area contributed by atoms with Crippen LogP contribution >= 0.6 is 0 Å². The van der Waals surface area contributed by atoms with Gasteiger partial charge in [-0.3, -0.25) is 0 Å². The van der Waals surface area contributed by atoms with Crippen molar-refractivity contribution in [1.29, 1.82) is 0 Å². The molecule has 5 nitrogen and oxygen atoms in total. The molecule has 0 radical (unpaired) electrons. The molecule has 19 heavy (non-hydrogen) atoms. The van der Waals surface area contributed by atoms with Crippen molar-refractivity contribution in [1.82, 2.24) is 0 Å². The Hall–Kier alpha value is -2.69. The Labute approximate surface area is 109 Å². The highest BCUT2D eigenvalue weighted by Gasteiger charge is 2.17. The Morgan fingerprint density at radius 1 is 0.947 bits per heavy atom. The molecular weight excluding hydrogens is 244 g/mol. The van der Waals surface area contributed by atoms with Gasteiger partial charge < -0.3 is 20.2 Å². The summed E-state index contributed by atoms with van der Waals surface area (Å²) in [6.45, 7) is 0.454. The predicted octanol–water partition coefficient (Wildman–Crippen LogP) is 2.48. The average Bonchev–Trinajstić information content (AvgIpc) is 2.39. The zero-order valence-electron chi connectivity index (χ0n) is 9.98. The van der Waals surface area contributed by atoms with Crippen molar-refractivity contribution in [2.75, 3.05) is 4.90 Å². The van der Waals surface area contributed by atoms with Crippen LogP contribution in [-0.2, 0) is 6.54 Å². The van der Waals surface area contributed by atoms with E-state index in [9.17, 15) is 15.3 Å². The number of nitrogens with zero attached hydrogens (tertiary/aromatic N) is 2. The van der Waals surface area contributed by atoms with Crippen LogP contribution in [0.4, 0.5) is 11.4 Å². The van der Waals surface area contributed by atoms with Gasteiger partial charge in [0, 0.05) is 23.4 Å². The second-order valence-corrected chi connectivity index (χ2v) is 4.35. The van der Waals surface area contributed by atoms with E-state index < -0.39 is 0 Å². The Balaban J connectivity index is 1.97. The molecular formula is C14H12N2O3. The predicted molar refractivity (Wildman–Crippen MR) is 72.2 cm³/mol. The van der Waals surface area contributed by atoms with E-state index in [1.165, 1.54) is 12.1 Å². The molecule has 0 aliphatic carbocycles. The molecule has 1 heterocycles. The van der Waals surface area contributed by atoms with E-state index in [4.69, 9.17) is 0 Å². The smallest absolute Gasteiger partial charge is 0.126 e. The minimum Gasteiger partial charge on any atom is -0.508 e. The summed E-state index contributed by atoms with van der Waals surface area (Å²) in [4.78, 5) is 6.06. The van der Waals surface area contributed by atoms with Crippen molar-refractivity contribution in [2.24, 2.45) is 4.99 Å². The molecule has 3 N–H and O–H groups in total. The second kappa shape index (κ2) is 4.20. The fraction of sp³-hybridized carbons (Fsp3) is 0.0714. The third-order valence-electron chi connectivity index (χ3n) is 3.03. The van der Waals surface area contributed by atoms with Gasteiger partial charge in [-0.05, 0) is 24.3 Å². The second-order valence-electron chi connectivity index (χ2n) is 4.35. The van der Waals surface area contributed by atoms with Gasteiger partial charge in [0.05, 0.1) is 18.6 Å². The maximum absolute atomic E-state index is 9.85. The maximum Gasteiger partial charge on any atom is 0.126 e. The molecule has 0 atom stereocenters. The fourth-order valence-electron chi connectivity index (χ4n) is 2.05. The van der Waals surface area contributed by atoms with Crippen molar-refractivity contribution >= 4 is 17.7 Å². The van der Waals surface area contributed by atoms with Gasteiger partial charge in [0.25, 0.3) is 0 Å². The first kappa shape index (κ1) is 11.4. The molecule has 5 heteroatoms. The number of aliphatic imine (C=N–C) groups is 1. The summed E-state index contributed by atoms with van der Waals surface area (Å²) < 4.78 is 0. The summed E-state index contributed by atoms with van der Waals surface area (Å²) in [6, 6.07) is 9.53. The van der Waals surface area contributed by atoms with Crippen LogP contribution in [0.15, 0.2) is 41.4 Å². The molecule has 1 aliphatic rings. The molecule has 0 amide bonds. The monoisotopic (exact) mass is 256 g/mol. The summed E-state index contributed by atoms with van der Waals surface area (Å²) in [5.41, 5.74) is 2.08. The highest BCUT2D eigenvalue weighted by molar-refractivity contribution is 5.85. The van der Waals surface area contributed by atoms with Gasteiger partial charge in [-0.2, -0.15) is 0 Å². The Kier molecular flexibility index (Phi) is 2.52. The minimum atomic E-state index is -0.00789. The van der Waals surface area contributed by atoms with Crippen LogP contribution in [0.1, 0.15) is 5.56 Å². The van der Waals surface area contributed by atoms with E-state index in [1.807, 2.05) is 4.90 Å². The van der Waals surface area contributed by atoms with Crippen molar-refractivity contribution in [2.45, 2.75) is 6.54 Å². The van der Waals surface area contributed by atoms with Gasteiger partial charge in [-0.15, -0.1) is 0 Å². The molecule has 0 aromatic heterocycles. The number of hydrogen-bond acceptors (Lipinski definition) is 5. The zero-order valence-corrected chi connectivity index (χ0v) is 9.98. The number of rotatable bonds is 1. The lowest BCUT2D eigenvalue weighted by Crippen LogP contribution is -2.23. The lowest BCUT2D eigenvalue weighted by atomic mass is 10.1. The average molecular weight is 256 g/mol. The Bertz CT molecular complexity index is 650. The zero-order chi connectivity index (χ0) is 13.4. The SMILES string of the molecule is Oc1ccc(N2C=Nc3cc(O)cc(O)c3C2)cc1. The molecule has 96 valence electrons. The lowest BCUT2D eigenvalue weighted by molar-refractivity contribution is 0.446. The van der Waals surface area contributed by atoms with Crippen LogP contribution in [-0.4, -0.2) is 21.7 Å². The molecule has 0 unspecified atom stereocenters. The third kappa shape index (κ3) is 2.06. The first-order valence-corrected chi connectivity index (χ1v) is 5.78. The van der Waals surface area contributed by atoms with Gasteiger partial charge >= 0.3 is 0 Å². The number of benzene rings is 2. The molecule has 3 rings (SSSR count). The van der Waals surface area contributed by atoms with Gasteiger partial charge in [-0.1, -0.05) is 0 Å². The van der Waals surface area contributed by atoms with Crippen LogP contribution in [0.5, 0.6) is 17.2 Å². The molecule has 0 bridgehead atoms. The van der Waals surface area contributed by atoms with Crippen molar-refractivity contribution in [3.05, 3.63) is 42.0 Å². The molecule has 2 aromatic carbocycles. The van der Waals surface area contributed by atoms with Crippen LogP contribution < -0.4 is 4.90 Å². The van der Waals surface area contributed by atoms with E-state index in [2.05, 4.69) is 4.99 Å². The van der Waals surface area contributed by atoms with E-state index in [0.717, 1.165) is 5.69 Å². The number of phenolic OH excluding ortho intramolecular Hbond substituents is 3. The topological polar surface area (TPSA) is 76.3 Å². The third-order valence-corrected chi connectivity index (χ3v) is 3.03. The molecule has 1 aliphatic heterocycles. The van der Waals surface area contributed by atoms with E-state index in [-0.39, 0.29) is 17.2 Å². The van der Waals surface area contributed by atoms with Crippen molar-refractivity contribution < 1.29 is 15.3 Å². The molecule has 0 fully saturated rings. The normalized spacial score (nSPS) is 13.4. The first-order valence-electron chi connectivity index (χ1n) is 5.78.